The Bertz CT molecular complexity index is 1360. The molecule has 0 aromatic rings. The van der Waals surface area contributed by atoms with Crippen molar-refractivity contribution in [1.82, 2.24) is 0 Å². The van der Waals surface area contributed by atoms with Gasteiger partial charge in [-0.25, -0.2) is 4.79 Å². The molecule has 0 aliphatic heterocycles. The van der Waals surface area contributed by atoms with Crippen molar-refractivity contribution in [1.29, 1.82) is 0 Å². The molecule has 0 rings (SSSR count). The molecule has 0 spiro atoms. The second-order valence-corrected chi connectivity index (χ2v) is 21.3. The minimum atomic E-state index is -1.51. The van der Waals surface area contributed by atoms with Crippen molar-refractivity contribution in [2.75, 3.05) is 47.5 Å². The van der Waals surface area contributed by atoms with E-state index in [1.54, 1.807) is 0 Å². The van der Waals surface area contributed by atoms with Crippen LogP contribution in [0.3, 0.4) is 0 Å². The zero-order valence-corrected chi connectivity index (χ0v) is 47.6. The molecule has 0 bridgehead atoms. The van der Waals surface area contributed by atoms with Crippen LogP contribution >= 0.6 is 0 Å². The third-order valence-corrected chi connectivity index (χ3v) is 13.0. The van der Waals surface area contributed by atoms with Gasteiger partial charge in [0, 0.05) is 12.8 Å². The van der Waals surface area contributed by atoms with Crippen molar-refractivity contribution < 1.29 is 42.9 Å². The van der Waals surface area contributed by atoms with Crippen LogP contribution in [0.1, 0.15) is 264 Å². The van der Waals surface area contributed by atoms with Crippen LogP contribution in [0.4, 0.5) is 0 Å². The van der Waals surface area contributed by atoms with Crippen molar-refractivity contribution in [3.8, 4) is 0 Å². The maximum atomic E-state index is 12.9. The van der Waals surface area contributed by atoms with Crippen LogP contribution in [0.5, 0.6) is 0 Å². The van der Waals surface area contributed by atoms with Gasteiger partial charge in [-0.05, 0) is 83.5 Å². The number of rotatable bonds is 55. The fourth-order valence-corrected chi connectivity index (χ4v) is 8.35. The van der Waals surface area contributed by atoms with Gasteiger partial charge < -0.3 is 28.5 Å². The van der Waals surface area contributed by atoms with E-state index in [0.717, 1.165) is 77.0 Å². The number of aliphatic carboxylic acids is 1. The van der Waals surface area contributed by atoms with Crippen LogP contribution in [0, 0.1) is 0 Å². The van der Waals surface area contributed by atoms with E-state index < -0.39 is 24.3 Å². The third-order valence-electron chi connectivity index (χ3n) is 13.0. The summed E-state index contributed by atoms with van der Waals surface area (Å²) in [4.78, 5) is 37.4. The topological polar surface area (TPSA) is 108 Å². The highest BCUT2D eigenvalue weighted by Crippen LogP contribution is 2.16. The Balaban J connectivity index is 4.16. The monoisotopic (exact) mass is 1010 g/mol. The number of carboxylic acids is 1. The fraction of sp³-hybridized carbons (Fsp3) is 0.794. The number of carbonyl (C=O) groups excluding carboxylic acids is 2. The molecule has 418 valence electrons. The lowest BCUT2D eigenvalue weighted by atomic mass is 10.0. The Kier molecular flexibility index (Phi) is 52.0. The Labute approximate surface area is 444 Å². The first-order valence-corrected chi connectivity index (χ1v) is 30.0. The average Bonchev–Trinajstić information content (AvgIpc) is 3.35. The van der Waals surface area contributed by atoms with Gasteiger partial charge in [-0.2, -0.15) is 0 Å². The molecule has 0 aliphatic carbocycles. The summed E-state index contributed by atoms with van der Waals surface area (Å²) >= 11 is 0. The first-order valence-electron chi connectivity index (χ1n) is 30.0. The van der Waals surface area contributed by atoms with Crippen molar-refractivity contribution in [3.05, 3.63) is 60.8 Å². The summed E-state index contributed by atoms with van der Waals surface area (Å²) in [5, 5.41) is 9.70. The number of hydrogen-bond acceptors (Lipinski definition) is 7. The maximum Gasteiger partial charge on any atom is 0.361 e. The number of ether oxygens (including phenoxy) is 4. The minimum Gasteiger partial charge on any atom is -0.477 e. The zero-order valence-electron chi connectivity index (χ0n) is 47.6. The summed E-state index contributed by atoms with van der Waals surface area (Å²) in [7, 11) is 5.97. The van der Waals surface area contributed by atoms with Gasteiger partial charge in [0.2, 0.25) is 0 Å². The number of hydrogen-bond donors (Lipinski definition) is 1. The van der Waals surface area contributed by atoms with Gasteiger partial charge in [-0.3, -0.25) is 9.59 Å². The van der Waals surface area contributed by atoms with Gasteiger partial charge in [0.15, 0.2) is 6.10 Å². The largest absolute Gasteiger partial charge is 0.477 e. The third kappa shape index (κ3) is 54.8. The second kappa shape index (κ2) is 54.3. The van der Waals surface area contributed by atoms with Gasteiger partial charge in [0.25, 0.3) is 6.29 Å². The quantitative estimate of drug-likeness (QED) is 0.0211. The van der Waals surface area contributed by atoms with E-state index in [1.807, 2.05) is 21.1 Å². The molecule has 0 aliphatic rings. The molecule has 0 radical (unpaired) electrons. The van der Waals surface area contributed by atoms with E-state index in [1.165, 1.54) is 161 Å². The predicted octanol–water partition coefficient (Wildman–Crippen LogP) is 17.6. The van der Waals surface area contributed by atoms with Crippen molar-refractivity contribution >= 4 is 17.9 Å². The standard InChI is InChI=1S/C63H113NO8/c1-6-8-10-12-14-16-18-20-22-24-25-26-27-28-29-30-31-32-33-34-35-36-37-38-40-42-44-46-48-50-52-54-61(66)72-59(58-71-63(62(67)68)69-56-55-64(3,4)5)57-70-60(65)53-51-49-47-45-43-41-39-23-21-19-17-15-13-11-9-7-2/h17-20,23-25,27-28,39,59,63H,6-16,21-22,26,29-38,40-58H2,1-5H3/p+1/b19-17-,20-18-,25-24-,28-27-,39-23-. The van der Waals surface area contributed by atoms with Crippen LogP contribution in [-0.2, 0) is 33.3 Å². The highest BCUT2D eigenvalue weighted by atomic mass is 16.7. The van der Waals surface area contributed by atoms with E-state index >= 15 is 0 Å². The first-order chi connectivity index (χ1) is 35.1. The van der Waals surface area contributed by atoms with E-state index in [2.05, 4.69) is 74.6 Å². The van der Waals surface area contributed by atoms with Crippen molar-refractivity contribution in [3.63, 3.8) is 0 Å². The molecule has 72 heavy (non-hydrogen) atoms. The molecule has 9 heteroatoms. The van der Waals surface area contributed by atoms with Crippen LogP contribution in [-0.4, -0.2) is 87.4 Å². The molecule has 2 unspecified atom stereocenters. The number of likely N-dealkylation sites (N-methyl/N-ethyl adjacent to an activating group) is 1. The molecule has 1 N–H and O–H groups in total. The van der Waals surface area contributed by atoms with E-state index in [4.69, 9.17) is 18.9 Å². The Morgan fingerprint density at radius 3 is 1.12 bits per heavy atom. The van der Waals surface area contributed by atoms with Crippen molar-refractivity contribution in [2.24, 2.45) is 0 Å². The lowest BCUT2D eigenvalue weighted by Gasteiger charge is -2.25. The highest BCUT2D eigenvalue weighted by molar-refractivity contribution is 5.71. The molecule has 0 saturated heterocycles. The Morgan fingerprint density at radius 2 is 0.750 bits per heavy atom. The number of carboxylic acid groups (broad SMARTS) is 1. The summed E-state index contributed by atoms with van der Waals surface area (Å²) in [6, 6.07) is 0. The van der Waals surface area contributed by atoms with E-state index in [9.17, 15) is 19.5 Å². The van der Waals surface area contributed by atoms with Crippen LogP contribution in [0.25, 0.3) is 0 Å². The van der Waals surface area contributed by atoms with Gasteiger partial charge in [-0.15, -0.1) is 0 Å². The van der Waals surface area contributed by atoms with E-state index in [-0.39, 0.29) is 38.6 Å². The molecular formula is C63H114NO8+. The summed E-state index contributed by atoms with van der Waals surface area (Å²) in [6.45, 7) is 4.85. The summed E-state index contributed by atoms with van der Waals surface area (Å²) in [6.07, 6.45) is 65.9. The van der Waals surface area contributed by atoms with E-state index in [0.29, 0.717) is 11.0 Å². The molecule has 0 saturated carbocycles. The summed E-state index contributed by atoms with van der Waals surface area (Å²) in [5.41, 5.74) is 0. The van der Waals surface area contributed by atoms with Crippen LogP contribution in [0.2, 0.25) is 0 Å². The molecule has 9 nitrogen and oxygen atoms in total. The number of quaternary nitrogens is 1. The van der Waals surface area contributed by atoms with Crippen molar-refractivity contribution in [2.45, 2.75) is 277 Å². The molecule has 0 amide bonds. The molecule has 0 heterocycles. The molecule has 2 atom stereocenters. The SMILES string of the molecule is CCCCCC/C=C\C/C=C\CCCCCCCC(=O)OCC(COC(OCC[N+](C)(C)C)C(=O)O)OC(=O)CCCCCCCCCCCCCCCCCC/C=C\C/C=C\C/C=C\CCCCCCC. The second-order valence-electron chi connectivity index (χ2n) is 21.3. The summed E-state index contributed by atoms with van der Waals surface area (Å²) in [5.74, 6) is -2.02. The van der Waals surface area contributed by atoms with Crippen LogP contribution < -0.4 is 0 Å². The fourth-order valence-electron chi connectivity index (χ4n) is 8.35. The predicted molar refractivity (Wildman–Crippen MR) is 304 cm³/mol. The molecular weight excluding hydrogens is 899 g/mol. The lowest BCUT2D eigenvalue weighted by molar-refractivity contribution is -0.870. The number of esters is 2. The average molecular weight is 1010 g/mol. The van der Waals surface area contributed by atoms with Gasteiger partial charge in [0.05, 0.1) is 34.4 Å². The van der Waals surface area contributed by atoms with Crippen LogP contribution in [0.15, 0.2) is 60.8 Å². The highest BCUT2D eigenvalue weighted by Gasteiger charge is 2.25. The maximum absolute atomic E-state index is 12.9. The first kappa shape index (κ1) is 69.0. The summed E-state index contributed by atoms with van der Waals surface area (Å²) < 4.78 is 22.9. The number of unbranched alkanes of at least 4 members (excludes halogenated alkanes) is 30. The number of carbonyl (C=O) groups is 3. The molecule has 0 aromatic heterocycles. The molecule has 0 fully saturated rings. The zero-order chi connectivity index (χ0) is 52.7. The molecule has 0 aromatic carbocycles. The Hall–Kier alpha value is -3.01. The lowest BCUT2D eigenvalue weighted by Crippen LogP contribution is -2.40. The van der Waals surface area contributed by atoms with Gasteiger partial charge in [-0.1, -0.05) is 229 Å². The van der Waals surface area contributed by atoms with Gasteiger partial charge in [0.1, 0.15) is 13.2 Å². The number of allylic oxidation sites excluding steroid dienone is 10. The number of nitrogens with zero attached hydrogens (tertiary/aromatic N) is 1. The normalized spacial score (nSPS) is 13.2. The smallest absolute Gasteiger partial charge is 0.361 e. The van der Waals surface area contributed by atoms with Gasteiger partial charge >= 0.3 is 17.9 Å². The Morgan fingerprint density at radius 1 is 0.417 bits per heavy atom. The minimum absolute atomic E-state index is 0.184.